The minimum absolute atomic E-state index is 0.0522. The molecular weight excluding hydrogens is 218 g/mol. The third-order valence-corrected chi connectivity index (χ3v) is 3.16. The molecule has 0 amide bonds. The number of carbonyl (C=O) groups excluding carboxylic acids is 1. The van der Waals surface area contributed by atoms with Gasteiger partial charge in [0, 0.05) is 19.4 Å². The lowest BCUT2D eigenvalue weighted by Gasteiger charge is -2.21. The fourth-order valence-corrected chi connectivity index (χ4v) is 2.27. The van der Waals surface area contributed by atoms with Gasteiger partial charge in [-0.15, -0.1) is 10.2 Å². The van der Waals surface area contributed by atoms with Crippen LogP contribution in [0.5, 0.6) is 0 Å². The second-order valence-electron chi connectivity index (χ2n) is 4.99. The molecule has 17 heavy (non-hydrogen) atoms. The summed E-state index contributed by atoms with van der Waals surface area (Å²) in [4.78, 5) is 11.5. The van der Waals surface area contributed by atoms with E-state index in [0.29, 0.717) is 12.3 Å². The predicted molar refractivity (Wildman–Crippen MR) is 62.4 cm³/mol. The molecule has 0 fully saturated rings. The molecule has 0 spiro atoms. The average Bonchev–Trinajstić information content (AvgIpc) is 2.70. The first-order valence-corrected chi connectivity index (χ1v) is 6.10. The summed E-state index contributed by atoms with van der Waals surface area (Å²) in [6.45, 7) is 5.16. The quantitative estimate of drug-likeness (QED) is 0.741. The van der Waals surface area contributed by atoms with Crippen LogP contribution in [0.3, 0.4) is 0 Å². The predicted octanol–water partition coefficient (Wildman–Crippen LogP) is 1.21. The van der Waals surface area contributed by atoms with Gasteiger partial charge in [0.15, 0.2) is 0 Å². The van der Waals surface area contributed by atoms with Gasteiger partial charge in [-0.05, 0) is 12.3 Å². The number of rotatable bonds is 3. The van der Waals surface area contributed by atoms with E-state index in [9.17, 15) is 4.79 Å². The van der Waals surface area contributed by atoms with E-state index in [4.69, 9.17) is 4.74 Å². The van der Waals surface area contributed by atoms with Gasteiger partial charge in [0.1, 0.15) is 11.6 Å². The maximum Gasteiger partial charge on any atom is 0.309 e. The smallest absolute Gasteiger partial charge is 0.309 e. The van der Waals surface area contributed by atoms with Crippen molar-refractivity contribution in [1.82, 2.24) is 14.8 Å². The minimum Gasteiger partial charge on any atom is -0.469 e. The summed E-state index contributed by atoms with van der Waals surface area (Å²) in [5, 5.41) is 8.40. The highest BCUT2D eigenvalue weighted by Gasteiger charge is 2.28. The van der Waals surface area contributed by atoms with Gasteiger partial charge in [-0.25, -0.2) is 0 Å². The molecule has 1 aromatic rings. The largest absolute Gasteiger partial charge is 0.469 e. The van der Waals surface area contributed by atoms with Crippen LogP contribution in [0, 0.1) is 11.8 Å². The van der Waals surface area contributed by atoms with Gasteiger partial charge in [-0.2, -0.15) is 0 Å². The van der Waals surface area contributed by atoms with E-state index in [1.165, 1.54) is 7.11 Å². The molecule has 0 saturated carbocycles. The molecule has 1 aliphatic heterocycles. The molecule has 0 aliphatic carbocycles. The molecule has 1 aromatic heterocycles. The highest BCUT2D eigenvalue weighted by molar-refractivity contribution is 5.72. The van der Waals surface area contributed by atoms with Crippen LogP contribution in [0.4, 0.5) is 0 Å². The molecule has 1 unspecified atom stereocenters. The number of fused-ring (bicyclic) bond motifs is 1. The van der Waals surface area contributed by atoms with Crippen molar-refractivity contribution in [2.45, 2.75) is 39.7 Å². The Morgan fingerprint density at radius 2 is 2.29 bits per heavy atom. The highest BCUT2D eigenvalue weighted by atomic mass is 16.5. The first kappa shape index (κ1) is 12.1. The van der Waals surface area contributed by atoms with Crippen LogP contribution in [0.1, 0.15) is 31.9 Å². The number of hydrogen-bond acceptors (Lipinski definition) is 4. The number of ether oxygens (including phenoxy) is 1. The summed E-state index contributed by atoms with van der Waals surface area (Å²) in [5.74, 6) is 2.34. The molecule has 5 nitrogen and oxygen atoms in total. The van der Waals surface area contributed by atoms with Gasteiger partial charge in [0.2, 0.25) is 0 Å². The summed E-state index contributed by atoms with van der Waals surface area (Å²) >= 11 is 0. The first-order valence-electron chi connectivity index (χ1n) is 6.10. The maximum atomic E-state index is 11.5. The van der Waals surface area contributed by atoms with Crippen LogP contribution in [0.15, 0.2) is 0 Å². The fraction of sp³-hybridized carbons (Fsp3) is 0.750. The maximum absolute atomic E-state index is 11.5. The third kappa shape index (κ3) is 2.48. The molecule has 2 rings (SSSR count). The van der Waals surface area contributed by atoms with Crippen LogP contribution in [-0.4, -0.2) is 27.8 Å². The zero-order chi connectivity index (χ0) is 12.4. The number of hydrogen-bond donors (Lipinski definition) is 0. The number of carbonyl (C=O) groups is 1. The molecule has 94 valence electrons. The Morgan fingerprint density at radius 3 is 2.94 bits per heavy atom. The Hall–Kier alpha value is -1.39. The van der Waals surface area contributed by atoms with E-state index in [-0.39, 0.29) is 11.9 Å². The topological polar surface area (TPSA) is 57.0 Å². The second-order valence-corrected chi connectivity index (χ2v) is 4.99. The molecule has 1 atom stereocenters. The lowest BCUT2D eigenvalue weighted by molar-refractivity contribution is -0.146. The Kier molecular flexibility index (Phi) is 3.45. The van der Waals surface area contributed by atoms with Crippen molar-refractivity contribution in [3.05, 3.63) is 11.6 Å². The molecular formula is C12H19N3O2. The van der Waals surface area contributed by atoms with Gasteiger partial charge < -0.3 is 9.30 Å². The molecule has 0 aromatic carbocycles. The van der Waals surface area contributed by atoms with Crippen molar-refractivity contribution in [3.8, 4) is 0 Å². The van der Waals surface area contributed by atoms with E-state index in [0.717, 1.165) is 31.0 Å². The Balaban J connectivity index is 2.13. The Labute approximate surface area is 101 Å². The summed E-state index contributed by atoms with van der Waals surface area (Å²) in [6.07, 6.45) is 2.41. The van der Waals surface area contributed by atoms with Crippen LogP contribution in [-0.2, 0) is 28.9 Å². The first-order chi connectivity index (χ1) is 8.11. The SMILES string of the molecule is COC(=O)C1CCn2c(CC(C)C)nnc2C1. The number of nitrogens with zero attached hydrogens (tertiary/aromatic N) is 3. The van der Waals surface area contributed by atoms with Crippen molar-refractivity contribution < 1.29 is 9.53 Å². The van der Waals surface area contributed by atoms with E-state index in [1.807, 2.05) is 0 Å². The second kappa shape index (κ2) is 4.85. The number of aromatic nitrogens is 3. The minimum atomic E-state index is -0.135. The van der Waals surface area contributed by atoms with E-state index in [1.54, 1.807) is 0 Å². The lowest BCUT2D eigenvalue weighted by Crippen LogP contribution is -2.27. The molecule has 0 radical (unpaired) electrons. The zero-order valence-corrected chi connectivity index (χ0v) is 10.6. The van der Waals surface area contributed by atoms with Crippen molar-refractivity contribution >= 4 is 5.97 Å². The van der Waals surface area contributed by atoms with Crippen LogP contribution in [0.25, 0.3) is 0 Å². The molecule has 0 saturated heterocycles. The number of methoxy groups -OCH3 is 1. The Morgan fingerprint density at radius 1 is 1.53 bits per heavy atom. The lowest BCUT2D eigenvalue weighted by atomic mass is 9.97. The summed E-state index contributed by atoms with van der Waals surface area (Å²) in [5.41, 5.74) is 0. The normalized spacial score (nSPS) is 19.2. The van der Waals surface area contributed by atoms with Gasteiger partial charge in [0.25, 0.3) is 0 Å². The fourth-order valence-electron chi connectivity index (χ4n) is 2.27. The molecule has 5 heteroatoms. The van der Waals surface area contributed by atoms with Gasteiger partial charge >= 0.3 is 5.97 Å². The molecule has 0 N–H and O–H groups in total. The van der Waals surface area contributed by atoms with Crippen molar-refractivity contribution in [2.24, 2.45) is 11.8 Å². The van der Waals surface area contributed by atoms with Crippen LogP contribution < -0.4 is 0 Å². The van der Waals surface area contributed by atoms with Gasteiger partial charge in [-0.1, -0.05) is 13.8 Å². The van der Waals surface area contributed by atoms with Crippen molar-refractivity contribution in [2.75, 3.05) is 7.11 Å². The highest BCUT2D eigenvalue weighted by Crippen LogP contribution is 2.22. The van der Waals surface area contributed by atoms with E-state index >= 15 is 0 Å². The number of esters is 1. The summed E-state index contributed by atoms with van der Waals surface area (Å²) < 4.78 is 6.93. The molecule has 0 bridgehead atoms. The summed E-state index contributed by atoms with van der Waals surface area (Å²) in [7, 11) is 1.44. The van der Waals surface area contributed by atoms with Crippen molar-refractivity contribution in [3.63, 3.8) is 0 Å². The van der Waals surface area contributed by atoms with Crippen LogP contribution in [0.2, 0.25) is 0 Å². The zero-order valence-electron chi connectivity index (χ0n) is 10.6. The molecule has 2 heterocycles. The van der Waals surface area contributed by atoms with E-state index in [2.05, 4.69) is 28.6 Å². The standard InChI is InChI=1S/C12H19N3O2/c1-8(2)6-10-13-14-11-7-9(12(16)17-3)4-5-15(10)11/h8-9H,4-7H2,1-3H3. The monoisotopic (exact) mass is 237 g/mol. The third-order valence-electron chi connectivity index (χ3n) is 3.16. The van der Waals surface area contributed by atoms with Gasteiger partial charge in [0.05, 0.1) is 13.0 Å². The van der Waals surface area contributed by atoms with Crippen molar-refractivity contribution in [1.29, 1.82) is 0 Å². The Bertz CT molecular complexity index is 412. The summed E-state index contributed by atoms with van der Waals surface area (Å²) in [6, 6.07) is 0. The van der Waals surface area contributed by atoms with Crippen LogP contribution >= 0.6 is 0 Å². The van der Waals surface area contributed by atoms with E-state index < -0.39 is 0 Å². The average molecular weight is 237 g/mol. The molecule has 1 aliphatic rings. The van der Waals surface area contributed by atoms with Gasteiger partial charge in [-0.3, -0.25) is 4.79 Å².